The predicted octanol–water partition coefficient (Wildman–Crippen LogP) is 2.55. The van der Waals surface area contributed by atoms with Crippen LogP contribution in [-0.4, -0.2) is 0 Å². The molecular formula is C9H11F3N2. The lowest BCUT2D eigenvalue weighted by Gasteiger charge is -2.11. The van der Waals surface area contributed by atoms with Crippen molar-refractivity contribution >= 4 is 5.69 Å². The summed E-state index contributed by atoms with van der Waals surface area (Å²) < 4.78 is 36.8. The van der Waals surface area contributed by atoms with Gasteiger partial charge in [-0.1, -0.05) is 13.0 Å². The minimum atomic E-state index is -4.32. The van der Waals surface area contributed by atoms with Crippen molar-refractivity contribution in [1.82, 2.24) is 0 Å². The lowest BCUT2D eigenvalue weighted by molar-refractivity contribution is -0.137. The quantitative estimate of drug-likeness (QED) is 0.574. The van der Waals surface area contributed by atoms with Gasteiger partial charge in [-0.25, -0.2) is 0 Å². The SMILES string of the molecule is CCc1ccc(C(F)(F)F)cc1NN. The second-order valence-electron chi connectivity index (χ2n) is 2.87. The highest BCUT2D eigenvalue weighted by molar-refractivity contribution is 5.52. The smallest absolute Gasteiger partial charge is 0.324 e. The number of nitrogens with two attached hydrogens (primary N) is 1. The molecule has 0 aliphatic heterocycles. The number of nitrogen functional groups attached to an aromatic ring is 1. The van der Waals surface area contributed by atoms with Crippen LogP contribution in [0.1, 0.15) is 18.1 Å². The molecule has 2 nitrogen and oxygen atoms in total. The van der Waals surface area contributed by atoms with Crippen LogP contribution in [0.4, 0.5) is 18.9 Å². The second-order valence-corrected chi connectivity index (χ2v) is 2.87. The van der Waals surface area contributed by atoms with Gasteiger partial charge in [0.15, 0.2) is 0 Å². The van der Waals surface area contributed by atoms with Crippen LogP contribution < -0.4 is 11.3 Å². The van der Waals surface area contributed by atoms with Gasteiger partial charge in [0.05, 0.1) is 11.3 Å². The van der Waals surface area contributed by atoms with Gasteiger partial charge in [0, 0.05) is 0 Å². The van der Waals surface area contributed by atoms with Crippen LogP contribution in [0.3, 0.4) is 0 Å². The Labute approximate surface area is 79.9 Å². The van der Waals surface area contributed by atoms with Gasteiger partial charge in [0.2, 0.25) is 0 Å². The summed E-state index contributed by atoms with van der Waals surface area (Å²) in [7, 11) is 0. The van der Waals surface area contributed by atoms with Crippen LogP contribution in [0.15, 0.2) is 18.2 Å². The van der Waals surface area contributed by atoms with Gasteiger partial charge in [-0.2, -0.15) is 13.2 Å². The van der Waals surface area contributed by atoms with Crippen LogP contribution in [0, 0.1) is 0 Å². The summed E-state index contributed by atoms with van der Waals surface area (Å²) in [6.07, 6.45) is -3.68. The lowest BCUT2D eigenvalue weighted by atomic mass is 10.1. The summed E-state index contributed by atoms with van der Waals surface area (Å²) in [5, 5.41) is 0. The largest absolute Gasteiger partial charge is 0.416 e. The molecule has 0 heterocycles. The van der Waals surface area contributed by atoms with Crippen molar-refractivity contribution in [2.45, 2.75) is 19.5 Å². The van der Waals surface area contributed by atoms with Gasteiger partial charge in [0.1, 0.15) is 0 Å². The maximum absolute atomic E-state index is 12.3. The maximum Gasteiger partial charge on any atom is 0.416 e. The van der Waals surface area contributed by atoms with Crippen molar-refractivity contribution in [3.63, 3.8) is 0 Å². The molecule has 0 aromatic heterocycles. The van der Waals surface area contributed by atoms with Crippen LogP contribution >= 0.6 is 0 Å². The molecule has 0 bridgehead atoms. The number of hydrazine groups is 1. The minimum absolute atomic E-state index is 0.322. The molecule has 0 radical (unpaired) electrons. The highest BCUT2D eigenvalue weighted by Crippen LogP contribution is 2.31. The van der Waals surface area contributed by atoms with E-state index in [-0.39, 0.29) is 0 Å². The zero-order chi connectivity index (χ0) is 10.8. The molecule has 14 heavy (non-hydrogen) atoms. The van der Waals surface area contributed by atoms with Crippen LogP contribution in [0.25, 0.3) is 0 Å². The van der Waals surface area contributed by atoms with E-state index >= 15 is 0 Å². The van der Waals surface area contributed by atoms with E-state index < -0.39 is 11.7 Å². The molecule has 0 saturated carbocycles. The normalized spacial score (nSPS) is 11.5. The van der Waals surface area contributed by atoms with E-state index in [1.54, 1.807) is 0 Å². The number of benzene rings is 1. The molecule has 0 fully saturated rings. The molecule has 78 valence electrons. The summed E-state index contributed by atoms with van der Waals surface area (Å²) in [4.78, 5) is 0. The van der Waals surface area contributed by atoms with Crippen molar-refractivity contribution < 1.29 is 13.2 Å². The molecular weight excluding hydrogens is 193 g/mol. The minimum Gasteiger partial charge on any atom is -0.324 e. The molecule has 0 amide bonds. The van der Waals surface area contributed by atoms with Gasteiger partial charge in [0.25, 0.3) is 0 Å². The maximum atomic E-state index is 12.3. The first-order valence-electron chi connectivity index (χ1n) is 4.15. The third-order valence-electron chi connectivity index (χ3n) is 1.97. The Balaban J connectivity index is 3.14. The zero-order valence-corrected chi connectivity index (χ0v) is 7.65. The number of aryl methyl sites for hydroxylation is 1. The Morgan fingerprint density at radius 3 is 2.43 bits per heavy atom. The van der Waals surface area contributed by atoms with Gasteiger partial charge in [-0.15, -0.1) is 0 Å². The fourth-order valence-corrected chi connectivity index (χ4v) is 1.20. The fourth-order valence-electron chi connectivity index (χ4n) is 1.20. The van der Waals surface area contributed by atoms with Gasteiger partial charge in [-0.3, -0.25) is 5.84 Å². The van der Waals surface area contributed by atoms with Crippen molar-refractivity contribution in [3.05, 3.63) is 29.3 Å². The predicted molar refractivity (Wildman–Crippen MR) is 48.6 cm³/mol. The highest BCUT2D eigenvalue weighted by Gasteiger charge is 2.30. The van der Waals surface area contributed by atoms with Crippen LogP contribution in [0.5, 0.6) is 0 Å². The van der Waals surface area contributed by atoms with Gasteiger partial charge in [-0.05, 0) is 24.1 Å². The number of nitrogens with one attached hydrogen (secondary N) is 1. The van der Waals surface area contributed by atoms with E-state index in [0.29, 0.717) is 12.1 Å². The first-order chi connectivity index (χ1) is 6.49. The Morgan fingerprint density at radius 1 is 1.36 bits per heavy atom. The van der Waals surface area contributed by atoms with Crippen LogP contribution in [0.2, 0.25) is 0 Å². The van der Waals surface area contributed by atoms with E-state index in [1.807, 2.05) is 6.92 Å². The summed E-state index contributed by atoms with van der Waals surface area (Å²) in [5.74, 6) is 5.12. The van der Waals surface area contributed by atoms with E-state index in [9.17, 15) is 13.2 Å². The third kappa shape index (κ3) is 2.17. The van der Waals surface area contributed by atoms with Crippen molar-refractivity contribution in [1.29, 1.82) is 0 Å². The number of anilines is 1. The van der Waals surface area contributed by atoms with Crippen LogP contribution in [-0.2, 0) is 12.6 Å². The molecule has 0 aliphatic rings. The highest BCUT2D eigenvalue weighted by atomic mass is 19.4. The van der Waals surface area contributed by atoms with Crippen molar-refractivity contribution in [3.8, 4) is 0 Å². The Hall–Kier alpha value is -1.23. The fraction of sp³-hybridized carbons (Fsp3) is 0.333. The number of hydrogen-bond acceptors (Lipinski definition) is 2. The lowest BCUT2D eigenvalue weighted by Crippen LogP contribution is -2.12. The Kier molecular flexibility index (Phi) is 3.00. The third-order valence-corrected chi connectivity index (χ3v) is 1.97. The van der Waals surface area contributed by atoms with Crippen molar-refractivity contribution in [2.75, 3.05) is 5.43 Å². The number of halogens is 3. The Bertz CT molecular complexity index is 320. The monoisotopic (exact) mass is 204 g/mol. The first-order valence-corrected chi connectivity index (χ1v) is 4.15. The van der Waals surface area contributed by atoms with Gasteiger partial charge < -0.3 is 5.43 Å². The average molecular weight is 204 g/mol. The number of rotatable bonds is 2. The average Bonchev–Trinajstić information content (AvgIpc) is 2.15. The summed E-state index contributed by atoms with van der Waals surface area (Å²) in [6.45, 7) is 1.85. The molecule has 1 aromatic rings. The molecule has 0 atom stereocenters. The molecule has 0 saturated heterocycles. The zero-order valence-electron chi connectivity index (χ0n) is 7.65. The number of hydrogen-bond donors (Lipinski definition) is 2. The van der Waals surface area contributed by atoms with Crippen molar-refractivity contribution in [2.24, 2.45) is 5.84 Å². The molecule has 1 aromatic carbocycles. The van der Waals surface area contributed by atoms with E-state index in [0.717, 1.165) is 17.7 Å². The van der Waals surface area contributed by atoms with Gasteiger partial charge >= 0.3 is 6.18 Å². The van der Waals surface area contributed by atoms with E-state index in [1.165, 1.54) is 6.07 Å². The van der Waals surface area contributed by atoms with E-state index in [2.05, 4.69) is 5.43 Å². The molecule has 0 aliphatic carbocycles. The Morgan fingerprint density at radius 2 is 2.00 bits per heavy atom. The molecule has 5 heteroatoms. The number of alkyl halides is 3. The molecule has 0 spiro atoms. The standard InChI is InChI=1S/C9H11F3N2/c1-2-6-3-4-7(9(10,11)12)5-8(6)14-13/h3-5,14H,2,13H2,1H3. The summed E-state index contributed by atoms with van der Waals surface area (Å²) >= 11 is 0. The van der Waals surface area contributed by atoms with E-state index in [4.69, 9.17) is 5.84 Å². The molecule has 0 unspecified atom stereocenters. The first kappa shape index (κ1) is 10.8. The summed E-state index contributed by atoms with van der Waals surface area (Å²) in [5.41, 5.74) is 2.65. The molecule has 3 N–H and O–H groups in total. The topological polar surface area (TPSA) is 38.0 Å². The summed E-state index contributed by atoms with van der Waals surface area (Å²) in [6, 6.07) is 3.50. The molecule has 1 rings (SSSR count). The second kappa shape index (κ2) is 3.88.